The maximum absolute atomic E-state index is 3.88. The van der Waals surface area contributed by atoms with Crippen molar-refractivity contribution in [3.8, 4) is 0 Å². The van der Waals surface area contributed by atoms with Crippen molar-refractivity contribution >= 4 is 6.08 Å². The Hall–Kier alpha value is -3.94. The highest BCUT2D eigenvalue weighted by Gasteiger charge is 2.17. The first kappa shape index (κ1) is 37.2. The third-order valence-electron chi connectivity index (χ3n) is 7.75. The lowest BCUT2D eigenvalue weighted by Gasteiger charge is -2.23. The van der Waals surface area contributed by atoms with Crippen LogP contribution in [0.3, 0.4) is 0 Å². The van der Waals surface area contributed by atoms with E-state index in [1.54, 1.807) is 0 Å². The highest BCUT2D eigenvalue weighted by Crippen LogP contribution is 2.30. The van der Waals surface area contributed by atoms with E-state index in [2.05, 4.69) is 173 Å². The molecule has 1 heteroatoms. The van der Waals surface area contributed by atoms with E-state index < -0.39 is 0 Å². The fraction of sp³-hybridized carbons (Fsp3) is 0.318. The lowest BCUT2D eigenvalue weighted by Crippen LogP contribution is -2.10. The molecule has 2 rings (SSSR count). The molecule has 1 aromatic rings. The Morgan fingerprint density at radius 3 is 2.31 bits per heavy atom. The average Bonchev–Trinajstić information content (AvgIpc) is 3.03. The Morgan fingerprint density at radius 1 is 0.889 bits per heavy atom. The Morgan fingerprint density at radius 2 is 1.62 bits per heavy atom. The summed E-state index contributed by atoms with van der Waals surface area (Å²) < 4.78 is 0. The van der Waals surface area contributed by atoms with Crippen LogP contribution in [0.15, 0.2) is 163 Å². The number of hydrogen-bond donors (Lipinski definition) is 1. The van der Waals surface area contributed by atoms with E-state index in [9.17, 15) is 0 Å². The van der Waals surface area contributed by atoms with Crippen molar-refractivity contribution in [1.82, 2.24) is 5.32 Å². The molecule has 0 bridgehead atoms. The minimum atomic E-state index is 0.109. The summed E-state index contributed by atoms with van der Waals surface area (Å²) in [4.78, 5) is 0. The monoisotopic (exact) mass is 599 g/mol. The smallest absolute Gasteiger partial charge is 0.0202 e. The molecule has 45 heavy (non-hydrogen) atoms. The summed E-state index contributed by atoms with van der Waals surface area (Å²) >= 11 is 0. The highest BCUT2D eigenvalue weighted by atomic mass is 14.8. The van der Waals surface area contributed by atoms with E-state index in [-0.39, 0.29) is 5.41 Å². The second-order valence-electron chi connectivity index (χ2n) is 12.1. The molecule has 1 nitrogen and oxygen atoms in total. The number of nitrogens with one attached hydrogen (secondary N) is 1. The molecular formula is C44H57N. The second kappa shape index (κ2) is 22.6. The largest absolute Gasteiger partial charge is 0.316 e. The van der Waals surface area contributed by atoms with Crippen LogP contribution in [0.2, 0.25) is 0 Å². The Bertz CT molecular complexity index is 1360. The van der Waals surface area contributed by atoms with Gasteiger partial charge in [0.15, 0.2) is 0 Å². The molecule has 0 saturated heterocycles. The summed E-state index contributed by atoms with van der Waals surface area (Å²) in [5, 5.41) is 3.19. The number of hydrogen-bond acceptors (Lipinski definition) is 1. The van der Waals surface area contributed by atoms with E-state index in [0.29, 0.717) is 0 Å². The Kier molecular flexibility index (Phi) is 18.7. The van der Waals surface area contributed by atoms with Crippen molar-refractivity contribution in [2.24, 2.45) is 5.41 Å². The van der Waals surface area contributed by atoms with Crippen LogP contribution in [0.4, 0.5) is 0 Å². The molecule has 0 aliphatic heterocycles. The molecule has 1 N–H and O–H groups in total. The standard InChI is InChI=1S/C44H57N/c1-7-19-40(25-17-18-34-44(5)35-32-39(4)33-36-44)22-14-12-10-9-11-13-21-38(3)26-27-41(20-8-2)23-15-16-24-42-28-30-43(31-29-42)37-45-6/h7-8,14-20,22-35,45H,1,9-13,21,36-37H2,2-6H3/b20-8-,22-14-,23-15+,24-16+,25-17+,34-18+,38-26+,40-19+,41-27+. The summed E-state index contributed by atoms with van der Waals surface area (Å²) in [6.07, 6.45) is 49.6. The lowest BCUT2D eigenvalue weighted by atomic mass is 9.82. The maximum Gasteiger partial charge on any atom is 0.0202 e. The topological polar surface area (TPSA) is 12.0 Å². The van der Waals surface area contributed by atoms with E-state index in [1.165, 1.54) is 59.1 Å². The predicted molar refractivity (Wildman–Crippen MR) is 203 cm³/mol. The van der Waals surface area contributed by atoms with E-state index in [4.69, 9.17) is 0 Å². The van der Waals surface area contributed by atoms with Crippen LogP contribution < -0.4 is 5.32 Å². The predicted octanol–water partition coefficient (Wildman–Crippen LogP) is 12.5. The van der Waals surface area contributed by atoms with Crippen LogP contribution in [0.5, 0.6) is 0 Å². The minimum absolute atomic E-state index is 0.109. The molecule has 1 aromatic carbocycles. The first-order chi connectivity index (χ1) is 21.9. The molecule has 0 aromatic heterocycles. The van der Waals surface area contributed by atoms with Gasteiger partial charge >= 0.3 is 0 Å². The van der Waals surface area contributed by atoms with Crippen molar-refractivity contribution in [2.75, 3.05) is 7.05 Å². The van der Waals surface area contributed by atoms with E-state index >= 15 is 0 Å². The Labute approximate surface area is 276 Å². The molecule has 0 radical (unpaired) electrons. The van der Waals surface area contributed by atoms with Gasteiger partial charge in [0.05, 0.1) is 0 Å². The van der Waals surface area contributed by atoms with Crippen molar-refractivity contribution < 1.29 is 0 Å². The van der Waals surface area contributed by atoms with Gasteiger partial charge in [-0.15, -0.1) is 0 Å². The molecular weight excluding hydrogens is 542 g/mol. The molecule has 1 aliphatic carbocycles. The lowest BCUT2D eigenvalue weighted by molar-refractivity contribution is 0.553. The SMILES string of the molecule is C=C/C=C(\C=C/CCCCCC/C(C)=C/C=C(\C=C/C)/C=C/C=C/c1ccc(CNC)cc1)/C=C/C=C/C1(C)C=CC(C)=CC1. The van der Waals surface area contributed by atoms with Crippen LogP contribution in [0.1, 0.15) is 83.8 Å². The number of unbranched alkanes of at least 4 members (excludes halogenated alkanes) is 4. The van der Waals surface area contributed by atoms with Crippen molar-refractivity contribution in [2.45, 2.75) is 79.2 Å². The average molecular weight is 600 g/mol. The van der Waals surface area contributed by atoms with Gasteiger partial charge in [-0.2, -0.15) is 0 Å². The zero-order valence-corrected chi connectivity index (χ0v) is 28.6. The van der Waals surface area contributed by atoms with E-state index in [1.807, 2.05) is 13.1 Å². The highest BCUT2D eigenvalue weighted by molar-refractivity contribution is 5.52. The van der Waals surface area contributed by atoms with Gasteiger partial charge in [-0.25, -0.2) is 0 Å². The molecule has 0 spiro atoms. The summed E-state index contributed by atoms with van der Waals surface area (Å²) in [6, 6.07) is 8.66. The van der Waals surface area contributed by atoms with Gasteiger partial charge in [0.25, 0.3) is 0 Å². The summed E-state index contributed by atoms with van der Waals surface area (Å²) in [7, 11) is 1.97. The van der Waals surface area contributed by atoms with Crippen molar-refractivity contribution in [3.63, 3.8) is 0 Å². The minimum Gasteiger partial charge on any atom is -0.316 e. The molecule has 0 heterocycles. The van der Waals surface area contributed by atoms with Crippen LogP contribution in [-0.4, -0.2) is 7.05 Å². The third kappa shape index (κ3) is 17.2. The zero-order chi connectivity index (χ0) is 32.6. The summed E-state index contributed by atoms with van der Waals surface area (Å²) in [5.41, 5.74) is 7.79. The van der Waals surface area contributed by atoms with Crippen LogP contribution in [0.25, 0.3) is 6.08 Å². The van der Waals surface area contributed by atoms with Gasteiger partial charge in [-0.05, 0) is 82.2 Å². The molecule has 1 aliphatic rings. The Balaban J connectivity index is 1.70. The number of allylic oxidation sites excluding steroid dienone is 22. The van der Waals surface area contributed by atoms with Crippen LogP contribution >= 0.6 is 0 Å². The van der Waals surface area contributed by atoms with Crippen molar-refractivity contribution in [3.05, 3.63) is 174 Å². The van der Waals surface area contributed by atoms with Gasteiger partial charge < -0.3 is 5.32 Å². The molecule has 238 valence electrons. The van der Waals surface area contributed by atoms with Gasteiger partial charge in [0, 0.05) is 12.0 Å². The quantitative estimate of drug-likeness (QED) is 0.123. The molecule has 0 fully saturated rings. The fourth-order valence-corrected chi connectivity index (χ4v) is 4.91. The normalized spacial score (nSPS) is 18.6. The molecule has 0 amide bonds. The first-order valence-electron chi connectivity index (χ1n) is 16.7. The van der Waals surface area contributed by atoms with Crippen LogP contribution in [-0.2, 0) is 6.54 Å². The summed E-state index contributed by atoms with van der Waals surface area (Å²) in [6.45, 7) is 13.5. The van der Waals surface area contributed by atoms with Gasteiger partial charge in [-0.1, -0.05) is 177 Å². The maximum atomic E-state index is 3.88. The van der Waals surface area contributed by atoms with E-state index in [0.717, 1.165) is 25.8 Å². The number of benzene rings is 1. The third-order valence-corrected chi connectivity index (χ3v) is 7.75. The first-order valence-corrected chi connectivity index (χ1v) is 16.7. The van der Waals surface area contributed by atoms with Crippen molar-refractivity contribution in [1.29, 1.82) is 0 Å². The summed E-state index contributed by atoms with van der Waals surface area (Å²) in [5.74, 6) is 0. The van der Waals surface area contributed by atoms with Gasteiger partial charge in [0.2, 0.25) is 0 Å². The fourth-order valence-electron chi connectivity index (χ4n) is 4.91. The number of rotatable bonds is 19. The van der Waals surface area contributed by atoms with Crippen LogP contribution in [0, 0.1) is 5.41 Å². The second-order valence-corrected chi connectivity index (χ2v) is 12.1. The molecule has 1 atom stereocenters. The zero-order valence-electron chi connectivity index (χ0n) is 28.6. The van der Waals surface area contributed by atoms with Gasteiger partial charge in [-0.3, -0.25) is 0 Å². The van der Waals surface area contributed by atoms with Gasteiger partial charge in [0.1, 0.15) is 0 Å². The molecule has 0 saturated carbocycles. The molecule has 1 unspecified atom stereocenters.